The van der Waals surface area contributed by atoms with Crippen LogP contribution in [0.4, 0.5) is 11.9 Å². The number of ether oxygens (including phenoxy) is 2. The maximum Gasteiger partial charge on any atom is 0.323 e. The molecule has 0 radical (unpaired) electrons. The van der Waals surface area contributed by atoms with Crippen molar-refractivity contribution < 1.29 is 9.47 Å². The van der Waals surface area contributed by atoms with E-state index < -0.39 is 0 Å². The van der Waals surface area contributed by atoms with Gasteiger partial charge in [0.25, 0.3) is 0 Å². The third-order valence-corrected chi connectivity index (χ3v) is 2.74. The van der Waals surface area contributed by atoms with E-state index in [-0.39, 0.29) is 5.54 Å². The fourth-order valence-electron chi connectivity index (χ4n) is 1.75. The van der Waals surface area contributed by atoms with E-state index in [2.05, 4.69) is 32.5 Å². The smallest absolute Gasteiger partial charge is 0.323 e. The topological polar surface area (TPSA) is 81.2 Å². The molecule has 7 nitrogen and oxygen atoms in total. The van der Waals surface area contributed by atoms with Crippen LogP contribution in [0.1, 0.15) is 20.3 Å². The van der Waals surface area contributed by atoms with Crippen LogP contribution in [0.2, 0.25) is 0 Å². The van der Waals surface area contributed by atoms with Crippen LogP contribution in [0.15, 0.2) is 0 Å². The van der Waals surface area contributed by atoms with E-state index in [0.717, 1.165) is 13.0 Å². The summed E-state index contributed by atoms with van der Waals surface area (Å²) in [5, 5.41) is 6.17. The monoisotopic (exact) mass is 253 g/mol. The molecule has 2 rings (SSSR count). The molecule has 1 atom stereocenters. The molecule has 0 saturated carbocycles. The van der Waals surface area contributed by atoms with E-state index in [1.165, 1.54) is 0 Å². The normalized spacial score (nSPS) is 22.8. The van der Waals surface area contributed by atoms with Gasteiger partial charge in [-0.15, -0.1) is 0 Å². The zero-order valence-electron chi connectivity index (χ0n) is 11.0. The number of anilines is 2. The second-order valence-electron chi connectivity index (χ2n) is 4.44. The minimum atomic E-state index is -0.129. The number of nitrogens with one attached hydrogen (secondary N) is 2. The van der Waals surface area contributed by atoms with Gasteiger partial charge in [0.1, 0.15) is 0 Å². The second kappa shape index (κ2) is 5.34. The molecular formula is C11H19N5O2. The van der Waals surface area contributed by atoms with E-state index in [0.29, 0.717) is 31.1 Å². The molecule has 1 aliphatic heterocycles. The van der Waals surface area contributed by atoms with Crippen molar-refractivity contribution >= 4 is 11.9 Å². The molecular weight excluding hydrogens is 234 g/mol. The van der Waals surface area contributed by atoms with E-state index in [1.54, 1.807) is 7.05 Å². The summed E-state index contributed by atoms with van der Waals surface area (Å²) in [5.74, 6) is 0.990. The summed E-state index contributed by atoms with van der Waals surface area (Å²) in [6, 6.07) is 0.321. The highest BCUT2D eigenvalue weighted by molar-refractivity contribution is 5.37. The van der Waals surface area contributed by atoms with Crippen LogP contribution in [0, 0.1) is 0 Å². The Hall–Kier alpha value is -1.63. The Bertz CT molecular complexity index is 406. The van der Waals surface area contributed by atoms with E-state index >= 15 is 0 Å². The average Bonchev–Trinajstić information content (AvgIpc) is 2.75. The zero-order chi connectivity index (χ0) is 13.0. The summed E-state index contributed by atoms with van der Waals surface area (Å²) in [4.78, 5) is 12.6. The minimum absolute atomic E-state index is 0.129. The molecule has 1 aliphatic rings. The Morgan fingerprint density at radius 1 is 1.33 bits per heavy atom. The summed E-state index contributed by atoms with van der Waals surface area (Å²) in [7, 11) is 1.76. The number of rotatable bonds is 5. The van der Waals surface area contributed by atoms with E-state index in [1.807, 2.05) is 6.92 Å². The molecule has 0 aromatic carbocycles. The molecule has 1 unspecified atom stereocenters. The SMILES string of the molecule is CCOc1nc(NC)nc(NC2(C)CCOC2)n1. The van der Waals surface area contributed by atoms with Gasteiger partial charge in [0.2, 0.25) is 11.9 Å². The van der Waals surface area contributed by atoms with Crippen LogP contribution in [0.3, 0.4) is 0 Å². The van der Waals surface area contributed by atoms with Crippen LogP contribution >= 0.6 is 0 Å². The van der Waals surface area contributed by atoms with Crippen LogP contribution < -0.4 is 15.4 Å². The van der Waals surface area contributed by atoms with Gasteiger partial charge in [-0.25, -0.2) is 0 Å². The molecule has 0 aliphatic carbocycles. The summed E-state index contributed by atoms with van der Waals surface area (Å²) in [6.45, 7) is 5.90. The average molecular weight is 253 g/mol. The van der Waals surface area contributed by atoms with Gasteiger partial charge in [-0.1, -0.05) is 0 Å². The lowest BCUT2D eigenvalue weighted by Crippen LogP contribution is -2.35. The van der Waals surface area contributed by atoms with Gasteiger partial charge in [-0.05, 0) is 20.3 Å². The Balaban J connectivity index is 2.17. The van der Waals surface area contributed by atoms with Crippen LogP contribution in [-0.2, 0) is 4.74 Å². The number of nitrogens with zero attached hydrogens (tertiary/aromatic N) is 3. The van der Waals surface area contributed by atoms with Crippen molar-refractivity contribution in [1.29, 1.82) is 0 Å². The molecule has 1 fully saturated rings. The summed E-state index contributed by atoms with van der Waals surface area (Å²) < 4.78 is 10.7. The Labute approximate surface area is 106 Å². The van der Waals surface area contributed by atoms with Gasteiger partial charge in [0.05, 0.1) is 18.8 Å². The quantitative estimate of drug-likeness (QED) is 0.807. The predicted molar refractivity (Wildman–Crippen MR) is 68.0 cm³/mol. The molecule has 1 saturated heterocycles. The van der Waals surface area contributed by atoms with Crippen molar-refractivity contribution in [3.63, 3.8) is 0 Å². The highest BCUT2D eigenvalue weighted by Crippen LogP contribution is 2.23. The fraction of sp³-hybridized carbons (Fsp3) is 0.727. The highest BCUT2D eigenvalue weighted by Gasteiger charge is 2.30. The molecule has 18 heavy (non-hydrogen) atoms. The zero-order valence-corrected chi connectivity index (χ0v) is 11.0. The first kappa shape index (κ1) is 12.8. The van der Waals surface area contributed by atoms with Crippen molar-refractivity contribution in [3.8, 4) is 6.01 Å². The van der Waals surface area contributed by atoms with Crippen molar-refractivity contribution in [1.82, 2.24) is 15.0 Å². The first-order chi connectivity index (χ1) is 8.65. The van der Waals surface area contributed by atoms with Crippen LogP contribution in [0.5, 0.6) is 6.01 Å². The molecule has 0 bridgehead atoms. The fourth-order valence-corrected chi connectivity index (χ4v) is 1.75. The van der Waals surface area contributed by atoms with Crippen LogP contribution in [-0.4, -0.2) is 47.4 Å². The van der Waals surface area contributed by atoms with Crippen molar-refractivity contribution in [2.45, 2.75) is 25.8 Å². The second-order valence-corrected chi connectivity index (χ2v) is 4.44. The van der Waals surface area contributed by atoms with Gasteiger partial charge in [0.15, 0.2) is 0 Å². The van der Waals surface area contributed by atoms with Crippen molar-refractivity contribution in [2.24, 2.45) is 0 Å². The Morgan fingerprint density at radius 3 is 2.72 bits per heavy atom. The van der Waals surface area contributed by atoms with Crippen molar-refractivity contribution in [2.75, 3.05) is 37.5 Å². The van der Waals surface area contributed by atoms with Gasteiger partial charge < -0.3 is 20.1 Å². The molecule has 0 amide bonds. The molecule has 1 aromatic rings. The molecule has 1 aromatic heterocycles. The number of aromatic nitrogens is 3. The Morgan fingerprint density at radius 2 is 2.11 bits per heavy atom. The minimum Gasteiger partial charge on any atom is -0.464 e. The first-order valence-electron chi connectivity index (χ1n) is 6.08. The van der Waals surface area contributed by atoms with Gasteiger partial charge in [0, 0.05) is 13.7 Å². The van der Waals surface area contributed by atoms with Gasteiger partial charge in [-0.2, -0.15) is 15.0 Å². The number of hydrogen-bond acceptors (Lipinski definition) is 7. The van der Waals surface area contributed by atoms with Gasteiger partial charge >= 0.3 is 6.01 Å². The lowest BCUT2D eigenvalue weighted by Gasteiger charge is -2.23. The van der Waals surface area contributed by atoms with Crippen molar-refractivity contribution in [3.05, 3.63) is 0 Å². The number of hydrogen-bond donors (Lipinski definition) is 2. The molecule has 2 N–H and O–H groups in total. The predicted octanol–water partition coefficient (Wildman–Crippen LogP) is 0.903. The first-order valence-corrected chi connectivity index (χ1v) is 6.08. The Kier molecular flexibility index (Phi) is 3.81. The third-order valence-electron chi connectivity index (χ3n) is 2.74. The summed E-state index contributed by atoms with van der Waals surface area (Å²) in [6.07, 6.45) is 0.928. The van der Waals surface area contributed by atoms with E-state index in [9.17, 15) is 0 Å². The molecule has 2 heterocycles. The lowest BCUT2D eigenvalue weighted by atomic mass is 10.0. The molecule has 0 spiro atoms. The maximum atomic E-state index is 5.39. The maximum absolute atomic E-state index is 5.39. The van der Waals surface area contributed by atoms with Crippen LogP contribution in [0.25, 0.3) is 0 Å². The molecule has 100 valence electrons. The summed E-state index contributed by atoms with van der Waals surface area (Å²) in [5.41, 5.74) is -0.129. The van der Waals surface area contributed by atoms with Gasteiger partial charge in [-0.3, -0.25) is 0 Å². The standard InChI is InChI=1S/C11H19N5O2/c1-4-18-10-14-8(12-3)13-9(15-10)16-11(2)5-6-17-7-11/h4-7H2,1-3H3,(H2,12,13,14,15,16). The highest BCUT2D eigenvalue weighted by atomic mass is 16.5. The van der Waals surface area contributed by atoms with E-state index in [4.69, 9.17) is 9.47 Å². The third kappa shape index (κ3) is 2.98. The molecule has 7 heteroatoms. The summed E-state index contributed by atoms with van der Waals surface area (Å²) >= 11 is 0. The lowest BCUT2D eigenvalue weighted by molar-refractivity contribution is 0.185. The largest absolute Gasteiger partial charge is 0.464 e.